The van der Waals surface area contributed by atoms with Crippen molar-refractivity contribution in [1.82, 2.24) is 5.32 Å². The van der Waals surface area contributed by atoms with Crippen LogP contribution in [0.1, 0.15) is 45.7 Å². The molecule has 1 rings (SSSR count). The third-order valence-corrected chi connectivity index (χ3v) is 2.62. The predicted octanol–water partition coefficient (Wildman–Crippen LogP) is 3.62. The summed E-state index contributed by atoms with van der Waals surface area (Å²) < 4.78 is 13.8. The van der Waals surface area contributed by atoms with Gasteiger partial charge in [0.2, 0.25) is 0 Å². The Morgan fingerprint density at radius 1 is 1.25 bits per heavy atom. The van der Waals surface area contributed by atoms with E-state index in [1.54, 1.807) is 6.07 Å². The quantitative estimate of drug-likeness (QED) is 0.825. The van der Waals surface area contributed by atoms with E-state index in [-0.39, 0.29) is 11.2 Å². The first-order valence-electron chi connectivity index (χ1n) is 5.83. The molecule has 0 bridgehead atoms. The highest BCUT2D eigenvalue weighted by Gasteiger charge is 2.15. The molecule has 90 valence electrons. The molecule has 1 nitrogen and oxygen atoms in total. The molecule has 0 radical (unpaired) electrons. The first-order valence-corrected chi connectivity index (χ1v) is 5.83. The summed E-state index contributed by atoms with van der Waals surface area (Å²) >= 11 is 0. The number of rotatable bonds is 3. The fourth-order valence-corrected chi connectivity index (χ4v) is 1.47. The lowest BCUT2D eigenvalue weighted by atomic mass is 9.86. The summed E-state index contributed by atoms with van der Waals surface area (Å²) in [5, 5.41) is 3.22. The van der Waals surface area contributed by atoms with E-state index in [9.17, 15) is 4.39 Å². The van der Waals surface area contributed by atoms with Crippen molar-refractivity contribution in [2.75, 3.05) is 0 Å². The summed E-state index contributed by atoms with van der Waals surface area (Å²) in [7, 11) is 0. The van der Waals surface area contributed by atoms with E-state index >= 15 is 0 Å². The maximum Gasteiger partial charge on any atom is 0.127 e. The van der Waals surface area contributed by atoms with Crippen LogP contribution in [0.3, 0.4) is 0 Å². The van der Waals surface area contributed by atoms with Crippen LogP contribution in [0.4, 0.5) is 4.39 Å². The average molecular weight is 223 g/mol. The average Bonchev–Trinajstić information content (AvgIpc) is 2.14. The van der Waals surface area contributed by atoms with Crippen molar-refractivity contribution in [2.24, 2.45) is 0 Å². The van der Waals surface area contributed by atoms with Crippen LogP contribution in [0.25, 0.3) is 0 Å². The molecule has 0 saturated heterocycles. The van der Waals surface area contributed by atoms with Gasteiger partial charge in [0.05, 0.1) is 0 Å². The highest BCUT2D eigenvalue weighted by atomic mass is 19.1. The summed E-state index contributed by atoms with van der Waals surface area (Å²) in [6.07, 6.45) is 0. The molecule has 0 aliphatic carbocycles. The van der Waals surface area contributed by atoms with Gasteiger partial charge in [-0.05, 0) is 17.0 Å². The molecule has 0 saturated carbocycles. The third-order valence-electron chi connectivity index (χ3n) is 2.62. The molecule has 16 heavy (non-hydrogen) atoms. The predicted molar refractivity (Wildman–Crippen MR) is 67.1 cm³/mol. The number of halogens is 1. The Hall–Kier alpha value is -0.890. The first kappa shape index (κ1) is 13.2. The van der Waals surface area contributed by atoms with E-state index in [0.717, 1.165) is 11.1 Å². The fourth-order valence-electron chi connectivity index (χ4n) is 1.47. The smallest absolute Gasteiger partial charge is 0.127 e. The highest BCUT2D eigenvalue weighted by Crippen LogP contribution is 2.23. The van der Waals surface area contributed by atoms with Crippen LogP contribution in [0.5, 0.6) is 0 Å². The Morgan fingerprint density at radius 2 is 1.88 bits per heavy atom. The number of hydrogen-bond donors (Lipinski definition) is 1. The molecule has 0 aromatic heterocycles. The van der Waals surface area contributed by atoms with Gasteiger partial charge in [-0.3, -0.25) is 0 Å². The molecule has 0 fully saturated rings. The van der Waals surface area contributed by atoms with E-state index in [1.165, 1.54) is 0 Å². The second-order valence-corrected chi connectivity index (χ2v) is 5.59. The van der Waals surface area contributed by atoms with E-state index in [1.807, 2.05) is 12.1 Å². The lowest BCUT2D eigenvalue weighted by Gasteiger charge is -2.20. The topological polar surface area (TPSA) is 12.0 Å². The zero-order valence-corrected chi connectivity index (χ0v) is 10.9. The molecule has 2 heteroatoms. The molecule has 0 heterocycles. The van der Waals surface area contributed by atoms with Crippen LogP contribution in [0.2, 0.25) is 0 Å². The van der Waals surface area contributed by atoms with Gasteiger partial charge < -0.3 is 5.32 Å². The van der Waals surface area contributed by atoms with Crippen molar-refractivity contribution in [3.8, 4) is 0 Å². The van der Waals surface area contributed by atoms with Crippen molar-refractivity contribution in [3.63, 3.8) is 0 Å². The fraction of sp³-hybridized carbons (Fsp3) is 0.571. The second-order valence-electron chi connectivity index (χ2n) is 5.59. The van der Waals surface area contributed by atoms with Crippen LogP contribution < -0.4 is 5.32 Å². The molecule has 0 amide bonds. The Balaban J connectivity index is 2.84. The molecule has 0 spiro atoms. The van der Waals surface area contributed by atoms with Crippen LogP contribution in [0.15, 0.2) is 18.2 Å². The van der Waals surface area contributed by atoms with Gasteiger partial charge in [-0.15, -0.1) is 0 Å². The largest absolute Gasteiger partial charge is 0.310 e. The van der Waals surface area contributed by atoms with Gasteiger partial charge in [0.25, 0.3) is 0 Å². The molecule has 0 aliphatic rings. The van der Waals surface area contributed by atoms with E-state index in [0.29, 0.717) is 12.6 Å². The van der Waals surface area contributed by atoms with Gasteiger partial charge in [0.15, 0.2) is 0 Å². The second kappa shape index (κ2) is 4.96. The standard InChI is InChI=1S/C14H22FN/c1-10(2)16-9-11-6-7-12(8-13(11)15)14(3,4)5/h6-8,10,16H,9H2,1-5H3. The maximum atomic E-state index is 13.8. The first-order chi connectivity index (χ1) is 7.30. The summed E-state index contributed by atoms with van der Waals surface area (Å²) in [6.45, 7) is 11.0. The third kappa shape index (κ3) is 3.60. The Bertz CT molecular complexity index is 350. The lowest BCUT2D eigenvalue weighted by molar-refractivity contribution is 0.541. The highest BCUT2D eigenvalue weighted by molar-refractivity contribution is 5.29. The molecular formula is C14H22FN. The van der Waals surface area contributed by atoms with Crippen molar-refractivity contribution in [1.29, 1.82) is 0 Å². The van der Waals surface area contributed by atoms with Gasteiger partial charge >= 0.3 is 0 Å². The molecule has 0 aliphatic heterocycles. The van der Waals surface area contributed by atoms with Gasteiger partial charge in [-0.1, -0.05) is 46.8 Å². The summed E-state index contributed by atoms with van der Waals surface area (Å²) in [4.78, 5) is 0. The molecule has 0 unspecified atom stereocenters. The summed E-state index contributed by atoms with van der Waals surface area (Å²) in [5.41, 5.74) is 1.78. The van der Waals surface area contributed by atoms with Gasteiger partial charge in [-0.2, -0.15) is 0 Å². The Labute approximate surface area is 98.1 Å². The van der Waals surface area contributed by atoms with E-state index < -0.39 is 0 Å². The molecule has 1 aromatic rings. The van der Waals surface area contributed by atoms with E-state index in [4.69, 9.17) is 0 Å². The Kier molecular flexibility index (Phi) is 4.09. The van der Waals surface area contributed by atoms with Gasteiger partial charge in [0.1, 0.15) is 5.82 Å². The van der Waals surface area contributed by atoms with Crippen molar-refractivity contribution >= 4 is 0 Å². The maximum absolute atomic E-state index is 13.8. The number of nitrogens with one attached hydrogen (secondary N) is 1. The van der Waals surface area contributed by atoms with Gasteiger partial charge in [-0.25, -0.2) is 4.39 Å². The summed E-state index contributed by atoms with van der Waals surface area (Å²) in [5.74, 6) is -0.111. The minimum atomic E-state index is -0.111. The van der Waals surface area contributed by atoms with Crippen LogP contribution >= 0.6 is 0 Å². The van der Waals surface area contributed by atoms with Crippen LogP contribution in [-0.2, 0) is 12.0 Å². The van der Waals surface area contributed by atoms with Crippen molar-refractivity contribution in [3.05, 3.63) is 35.1 Å². The SMILES string of the molecule is CC(C)NCc1ccc(C(C)(C)C)cc1F. The summed E-state index contributed by atoms with van der Waals surface area (Å²) in [6, 6.07) is 5.92. The van der Waals surface area contributed by atoms with Crippen molar-refractivity contribution in [2.45, 2.75) is 52.6 Å². The molecule has 0 atom stereocenters. The monoisotopic (exact) mass is 223 g/mol. The number of benzene rings is 1. The molecular weight excluding hydrogens is 201 g/mol. The minimum Gasteiger partial charge on any atom is -0.310 e. The zero-order chi connectivity index (χ0) is 12.3. The van der Waals surface area contributed by atoms with Crippen LogP contribution in [0, 0.1) is 5.82 Å². The minimum absolute atomic E-state index is 0.00481. The van der Waals surface area contributed by atoms with Crippen molar-refractivity contribution < 1.29 is 4.39 Å². The normalized spacial score (nSPS) is 12.2. The molecule has 1 aromatic carbocycles. The lowest BCUT2D eigenvalue weighted by Crippen LogP contribution is -2.22. The zero-order valence-electron chi connectivity index (χ0n) is 10.9. The number of hydrogen-bond acceptors (Lipinski definition) is 1. The van der Waals surface area contributed by atoms with Gasteiger partial charge in [0, 0.05) is 18.2 Å². The van der Waals surface area contributed by atoms with E-state index in [2.05, 4.69) is 39.9 Å². The van der Waals surface area contributed by atoms with Crippen LogP contribution in [-0.4, -0.2) is 6.04 Å². The molecule has 1 N–H and O–H groups in total. The Morgan fingerprint density at radius 3 is 2.31 bits per heavy atom.